The second kappa shape index (κ2) is 18.8. The van der Waals surface area contributed by atoms with Crippen LogP contribution in [-0.2, 0) is 9.53 Å². The molecular formula is C25H39NO4S. The third kappa shape index (κ3) is 14.6. The van der Waals surface area contributed by atoms with Crippen LogP contribution in [0.25, 0.3) is 0 Å². The highest BCUT2D eigenvalue weighted by atomic mass is 32.2. The summed E-state index contributed by atoms with van der Waals surface area (Å²) in [4.78, 5) is 23.6. The Morgan fingerprint density at radius 1 is 1.00 bits per heavy atom. The molecule has 1 amide bonds. The van der Waals surface area contributed by atoms with Gasteiger partial charge in [0, 0.05) is 0 Å². The third-order valence-electron chi connectivity index (χ3n) is 4.82. The molecule has 0 saturated heterocycles. The van der Waals surface area contributed by atoms with Crippen LogP contribution in [-0.4, -0.2) is 41.6 Å². The molecule has 5 nitrogen and oxygen atoms in total. The Labute approximate surface area is 192 Å². The lowest BCUT2D eigenvalue weighted by molar-refractivity contribution is -0.140. The van der Waals surface area contributed by atoms with E-state index in [0.717, 1.165) is 18.6 Å². The smallest absolute Gasteiger partial charge is 0.315 e. The number of nitrogens with one attached hydrogen (secondary N) is 1. The van der Waals surface area contributed by atoms with Crippen molar-refractivity contribution in [3.05, 3.63) is 42.0 Å². The summed E-state index contributed by atoms with van der Waals surface area (Å²) < 4.78 is 5.13. The van der Waals surface area contributed by atoms with Gasteiger partial charge in [-0.15, -0.1) is 0 Å². The molecule has 2 N–H and O–H groups in total. The molecule has 0 unspecified atom stereocenters. The summed E-state index contributed by atoms with van der Waals surface area (Å²) in [6.45, 7) is 2.59. The topological polar surface area (TPSA) is 75.6 Å². The second-order valence-electron chi connectivity index (χ2n) is 7.57. The summed E-state index contributed by atoms with van der Waals surface area (Å²) in [5, 5.41) is 12.3. The Bertz CT molecular complexity index is 648. The van der Waals surface area contributed by atoms with Crippen molar-refractivity contribution < 1.29 is 19.4 Å². The first-order chi connectivity index (χ1) is 15.1. The number of amides is 1. The van der Waals surface area contributed by atoms with Gasteiger partial charge in [0.2, 0.25) is 0 Å². The van der Waals surface area contributed by atoms with Gasteiger partial charge in [0.15, 0.2) is 0 Å². The number of para-hydroxylation sites is 1. The van der Waals surface area contributed by atoms with Crippen LogP contribution >= 0.6 is 11.8 Å². The zero-order valence-electron chi connectivity index (χ0n) is 18.9. The molecule has 1 aromatic rings. The lowest BCUT2D eigenvalue weighted by Gasteiger charge is -2.08. The van der Waals surface area contributed by atoms with E-state index in [-0.39, 0.29) is 36.3 Å². The van der Waals surface area contributed by atoms with Crippen LogP contribution < -0.4 is 5.32 Å². The van der Waals surface area contributed by atoms with Gasteiger partial charge in [0.1, 0.15) is 12.4 Å². The van der Waals surface area contributed by atoms with E-state index in [1.807, 2.05) is 0 Å². The maximum absolute atomic E-state index is 11.9. The Morgan fingerprint density at radius 2 is 1.68 bits per heavy atom. The molecule has 0 aliphatic carbocycles. The van der Waals surface area contributed by atoms with Crippen molar-refractivity contribution in [1.82, 2.24) is 5.32 Å². The van der Waals surface area contributed by atoms with Crippen molar-refractivity contribution >= 4 is 23.6 Å². The van der Waals surface area contributed by atoms with Crippen molar-refractivity contribution in [1.29, 1.82) is 0 Å². The van der Waals surface area contributed by atoms with Gasteiger partial charge in [-0.25, -0.2) is 0 Å². The minimum absolute atomic E-state index is 0.0674. The standard InChI is InChI=1S/C25H39NO4S/c1-2-3-4-5-6-7-8-9-10-11-12-15-20-31-21-24(28)30-19-18-26-25(29)22-16-13-14-17-23(22)27/h8-9,13-14,16-17,27H,2-7,10-12,15,18-21H2,1H3,(H,26,29)/b9-8-. The number of benzene rings is 1. The van der Waals surface area contributed by atoms with Gasteiger partial charge in [-0.3, -0.25) is 9.59 Å². The average Bonchev–Trinajstić information content (AvgIpc) is 2.77. The Hall–Kier alpha value is -1.95. The molecule has 0 heterocycles. The van der Waals surface area contributed by atoms with Gasteiger partial charge in [0.05, 0.1) is 17.9 Å². The van der Waals surface area contributed by atoms with Crippen LogP contribution in [0.15, 0.2) is 36.4 Å². The maximum atomic E-state index is 11.9. The highest BCUT2D eigenvalue weighted by Crippen LogP contribution is 2.15. The number of carbonyl (C=O) groups is 2. The summed E-state index contributed by atoms with van der Waals surface area (Å²) in [6, 6.07) is 6.33. The van der Waals surface area contributed by atoms with Gasteiger partial charge in [-0.05, 0) is 50.0 Å². The SMILES string of the molecule is CCCCCCC/C=C\CCCCCSCC(=O)OCCNC(=O)c1ccccc1O. The number of phenolic OH excluding ortho intramolecular Hbond substituents is 1. The van der Waals surface area contributed by atoms with Crippen LogP contribution in [0.3, 0.4) is 0 Å². The summed E-state index contributed by atoms with van der Waals surface area (Å²) in [5.41, 5.74) is 0.210. The molecule has 0 bridgehead atoms. The molecule has 31 heavy (non-hydrogen) atoms. The predicted octanol–water partition coefficient (Wildman–Crippen LogP) is 5.88. The zero-order valence-corrected chi connectivity index (χ0v) is 19.8. The number of rotatable bonds is 18. The minimum Gasteiger partial charge on any atom is -0.507 e. The molecule has 0 spiro atoms. The van der Waals surface area contributed by atoms with Crippen molar-refractivity contribution in [3.8, 4) is 5.75 Å². The molecule has 0 atom stereocenters. The van der Waals surface area contributed by atoms with Crippen LogP contribution in [0, 0.1) is 0 Å². The average molecular weight is 450 g/mol. The van der Waals surface area contributed by atoms with Crippen molar-refractivity contribution in [2.75, 3.05) is 24.7 Å². The Kier molecular flexibility index (Phi) is 16.4. The minimum atomic E-state index is -0.384. The van der Waals surface area contributed by atoms with Crippen LogP contribution in [0.5, 0.6) is 5.75 Å². The summed E-state index contributed by atoms with van der Waals surface area (Å²) in [7, 11) is 0. The van der Waals surface area contributed by atoms with Gasteiger partial charge >= 0.3 is 5.97 Å². The molecule has 1 rings (SSSR count). The van der Waals surface area contributed by atoms with E-state index in [4.69, 9.17) is 4.74 Å². The fourth-order valence-electron chi connectivity index (χ4n) is 3.03. The van der Waals surface area contributed by atoms with Crippen molar-refractivity contribution in [2.24, 2.45) is 0 Å². The lowest BCUT2D eigenvalue weighted by atomic mass is 10.1. The molecule has 174 valence electrons. The Morgan fingerprint density at radius 3 is 2.39 bits per heavy atom. The third-order valence-corrected chi connectivity index (χ3v) is 5.84. The van der Waals surface area contributed by atoms with E-state index >= 15 is 0 Å². The molecule has 0 aromatic heterocycles. The first-order valence-electron chi connectivity index (χ1n) is 11.6. The number of thioether (sulfide) groups is 1. The van der Waals surface area contributed by atoms with Crippen molar-refractivity contribution in [2.45, 2.75) is 71.1 Å². The van der Waals surface area contributed by atoms with Gasteiger partial charge in [0.25, 0.3) is 5.91 Å². The Balaban J connectivity index is 1.89. The number of aromatic hydroxyl groups is 1. The number of phenols is 1. The predicted molar refractivity (Wildman–Crippen MR) is 130 cm³/mol. The molecule has 6 heteroatoms. The quantitative estimate of drug-likeness (QED) is 0.166. The highest BCUT2D eigenvalue weighted by Gasteiger charge is 2.09. The fraction of sp³-hybridized carbons (Fsp3) is 0.600. The summed E-state index contributed by atoms with van der Waals surface area (Å²) in [5.74, 6) is 0.585. The number of carbonyl (C=O) groups excluding carboxylic acids is 2. The van der Waals surface area contributed by atoms with E-state index in [9.17, 15) is 14.7 Å². The van der Waals surface area contributed by atoms with E-state index < -0.39 is 0 Å². The molecule has 1 aromatic carbocycles. The molecule has 0 aliphatic heterocycles. The van der Waals surface area contributed by atoms with Crippen LogP contribution in [0.2, 0.25) is 0 Å². The van der Waals surface area contributed by atoms with E-state index in [1.165, 1.54) is 57.4 Å². The van der Waals surface area contributed by atoms with Crippen LogP contribution in [0.4, 0.5) is 0 Å². The summed E-state index contributed by atoms with van der Waals surface area (Å²) in [6.07, 6.45) is 17.2. The normalized spacial score (nSPS) is 11.0. The molecule has 0 fully saturated rings. The van der Waals surface area contributed by atoms with Gasteiger partial charge in [-0.1, -0.05) is 63.3 Å². The van der Waals surface area contributed by atoms with E-state index in [2.05, 4.69) is 24.4 Å². The monoisotopic (exact) mass is 449 g/mol. The molecule has 0 aliphatic rings. The molecule has 0 saturated carbocycles. The van der Waals surface area contributed by atoms with Gasteiger partial charge in [-0.2, -0.15) is 11.8 Å². The number of allylic oxidation sites excluding steroid dienone is 2. The molecule has 0 radical (unpaired) electrons. The lowest BCUT2D eigenvalue weighted by Crippen LogP contribution is -2.28. The number of hydrogen-bond donors (Lipinski definition) is 2. The molecular weight excluding hydrogens is 410 g/mol. The van der Waals surface area contributed by atoms with E-state index in [1.54, 1.807) is 30.0 Å². The number of unbranched alkanes of at least 4 members (excludes halogenated alkanes) is 8. The maximum Gasteiger partial charge on any atom is 0.315 e. The van der Waals surface area contributed by atoms with E-state index in [0.29, 0.717) is 5.75 Å². The first-order valence-corrected chi connectivity index (χ1v) is 12.7. The number of ether oxygens (including phenoxy) is 1. The van der Waals surface area contributed by atoms with Gasteiger partial charge < -0.3 is 15.2 Å². The summed E-state index contributed by atoms with van der Waals surface area (Å²) >= 11 is 1.59. The highest BCUT2D eigenvalue weighted by molar-refractivity contribution is 7.99. The van der Waals surface area contributed by atoms with Crippen LogP contribution in [0.1, 0.15) is 81.5 Å². The fourth-order valence-corrected chi connectivity index (χ4v) is 3.83. The second-order valence-corrected chi connectivity index (χ2v) is 8.67. The first kappa shape index (κ1) is 27.1. The largest absolute Gasteiger partial charge is 0.507 e. The number of esters is 1. The number of hydrogen-bond acceptors (Lipinski definition) is 5. The zero-order chi connectivity index (χ0) is 22.6. The van der Waals surface area contributed by atoms with Crippen molar-refractivity contribution in [3.63, 3.8) is 0 Å².